The minimum Gasteiger partial charge on any atom is -0.508 e. The molecule has 3 rings (SSSR count). The highest BCUT2D eigenvalue weighted by atomic mass is 35.5. The summed E-state index contributed by atoms with van der Waals surface area (Å²) in [5, 5.41) is 12.6. The number of phenols is 1. The van der Waals surface area contributed by atoms with E-state index >= 15 is 0 Å². The van der Waals surface area contributed by atoms with E-state index in [1.165, 1.54) is 0 Å². The van der Waals surface area contributed by atoms with Crippen LogP contribution in [0.4, 0.5) is 5.69 Å². The van der Waals surface area contributed by atoms with Crippen molar-refractivity contribution >= 4 is 36.4 Å². The van der Waals surface area contributed by atoms with E-state index < -0.39 is 0 Å². The molecule has 0 spiro atoms. The van der Waals surface area contributed by atoms with Gasteiger partial charge in [-0.15, -0.1) is 24.8 Å². The van der Waals surface area contributed by atoms with Gasteiger partial charge < -0.3 is 20.2 Å². The van der Waals surface area contributed by atoms with Gasteiger partial charge in [0.2, 0.25) is 5.91 Å². The van der Waals surface area contributed by atoms with Gasteiger partial charge in [0.25, 0.3) is 0 Å². The molecule has 124 valence electrons. The molecule has 1 atom stereocenters. The molecule has 2 fully saturated rings. The number of hydrogen-bond acceptors (Lipinski definition) is 4. The summed E-state index contributed by atoms with van der Waals surface area (Å²) in [6.45, 7) is 4.21. The van der Waals surface area contributed by atoms with E-state index in [0.717, 1.165) is 51.3 Å². The Hall–Kier alpha value is -1.17. The number of hydrogen-bond donors (Lipinski definition) is 2. The average Bonchev–Trinajstić information content (AvgIpc) is 3.02. The normalized spacial score (nSPS) is 21.0. The van der Waals surface area contributed by atoms with Crippen LogP contribution in [0.5, 0.6) is 5.75 Å². The molecule has 1 aromatic rings. The summed E-state index contributed by atoms with van der Waals surface area (Å²) >= 11 is 0. The van der Waals surface area contributed by atoms with Crippen LogP contribution >= 0.6 is 24.8 Å². The van der Waals surface area contributed by atoms with Crippen LogP contribution in [-0.4, -0.2) is 54.7 Å². The third kappa shape index (κ3) is 4.18. The van der Waals surface area contributed by atoms with Crippen molar-refractivity contribution in [3.63, 3.8) is 0 Å². The van der Waals surface area contributed by atoms with Crippen molar-refractivity contribution in [2.24, 2.45) is 0 Å². The standard InChI is InChI=1S/C15H21N3O2.2ClH/c19-13-5-3-12(4-6-13)17-8-10-18(11-9-17)15(20)14-2-1-7-16-14;;/h3-6,14,16,19H,1-2,7-11H2;2*1H/t14-;;/m0../s1. The van der Waals surface area contributed by atoms with Gasteiger partial charge in [-0.1, -0.05) is 0 Å². The van der Waals surface area contributed by atoms with Gasteiger partial charge in [-0.05, 0) is 43.7 Å². The maximum absolute atomic E-state index is 12.3. The van der Waals surface area contributed by atoms with Crippen molar-refractivity contribution < 1.29 is 9.90 Å². The molecule has 0 aromatic heterocycles. The maximum atomic E-state index is 12.3. The number of halogens is 2. The van der Waals surface area contributed by atoms with Gasteiger partial charge in [-0.3, -0.25) is 4.79 Å². The summed E-state index contributed by atoms with van der Waals surface area (Å²) in [6, 6.07) is 7.29. The van der Waals surface area contributed by atoms with Crippen molar-refractivity contribution in [3.05, 3.63) is 24.3 Å². The first-order valence-electron chi connectivity index (χ1n) is 7.30. The molecule has 2 heterocycles. The van der Waals surface area contributed by atoms with Crippen LogP contribution in [0.15, 0.2) is 24.3 Å². The lowest BCUT2D eigenvalue weighted by molar-refractivity contribution is -0.133. The smallest absolute Gasteiger partial charge is 0.239 e. The molecular formula is C15H23Cl2N3O2. The van der Waals surface area contributed by atoms with E-state index in [-0.39, 0.29) is 42.5 Å². The summed E-state index contributed by atoms with van der Waals surface area (Å²) in [5.74, 6) is 0.544. The molecule has 7 heteroatoms. The number of amides is 1. The largest absolute Gasteiger partial charge is 0.508 e. The first-order chi connectivity index (χ1) is 9.74. The minimum absolute atomic E-state index is 0. The minimum atomic E-state index is 0. The van der Waals surface area contributed by atoms with E-state index in [2.05, 4.69) is 10.2 Å². The zero-order valence-corrected chi connectivity index (χ0v) is 14.0. The van der Waals surface area contributed by atoms with Crippen LogP contribution < -0.4 is 10.2 Å². The fourth-order valence-electron chi connectivity index (χ4n) is 2.96. The average molecular weight is 348 g/mol. The lowest BCUT2D eigenvalue weighted by Crippen LogP contribution is -2.53. The first-order valence-corrected chi connectivity index (χ1v) is 7.30. The number of carbonyl (C=O) groups is 1. The van der Waals surface area contributed by atoms with Gasteiger partial charge in [0, 0.05) is 31.9 Å². The second-order valence-electron chi connectivity index (χ2n) is 5.48. The monoisotopic (exact) mass is 347 g/mol. The Labute approximate surface area is 143 Å². The summed E-state index contributed by atoms with van der Waals surface area (Å²) in [6.07, 6.45) is 2.07. The van der Waals surface area contributed by atoms with Crippen molar-refractivity contribution in [1.82, 2.24) is 10.2 Å². The summed E-state index contributed by atoms with van der Waals surface area (Å²) < 4.78 is 0. The van der Waals surface area contributed by atoms with Gasteiger partial charge in [0.15, 0.2) is 0 Å². The van der Waals surface area contributed by atoms with Crippen LogP contribution in [-0.2, 0) is 4.79 Å². The fourth-order valence-corrected chi connectivity index (χ4v) is 2.96. The van der Waals surface area contributed by atoms with E-state index in [9.17, 15) is 9.90 Å². The number of carbonyl (C=O) groups excluding carboxylic acids is 1. The van der Waals surface area contributed by atoms with Gasteiger partial charge in [-0.2, -0.15) is 0 Å². The highest BCUT2D eigenvalue weighted by Crippen LogP contribution is 2.20. The second kappa shape index (κ2) is 8.46. The maximum Gasteiger partial charge on any atom is 0.239 e. The third-order valence-electron chi connectivity index (χ3n) is 4.16. The highest BCUT2D eigenvalue weighted by molar-refractivity contribution is 5.85. The molecule has 0 aliphatic carbocycles. The van der Waals surface area contributed by atoms with Crippen molar-refractivity contribution in [3.8, 4) is 5.75 Å². The van der Waals surface area contributed by atoms with Gasteiger partial charge >= 0.3 is 0 Å². The molecule has 1 aromatic carbocycles. The molecule has 5 nitrogen and oxygen atoms in total. The topological polar surface area (TPSA) is 55.8 Å². The van der Waals surface area contributed by atoms with E-state index in [4.69, 9.17) is 0 Å². The van der Waals surface area contributed by atoms with Crippen LogP contribution in [0.1, 0.15) is 12.8 Å². The lowest BCUT2D eigenvalue weighted by atomic mass is 10.1. The number of anilines is 1. The molecule has 2 N–H and O–H groups in total. The van der Waals surface area contributed by atoms with Crippen molar-refractivity contribution in [1.29, 1.82) is 0 Å². The van der Waals surface area contributed by atoms with Gasteiger partial charge in [-0.25, -0.2) is 0 Å². The molecule has 0 bridgehead atoms. The van der Waals surface area contributed by atoms with Crippen molar-refractivity contribution in [2.75, 3.05) is 37.6 Å². The number of nitrogens with one attached hydrogen (secondary N) is 1. The van der Waals surface area contributed by atoms with E-state index in [1.807, 2.05) is 17.0 Å². The van der Waals surface area contributed by atoms with Gasteiger partial charge in [0.1, 0.15) is 5.75 Å². The summed E-state index contributed by atoms with van der Waals surface area (Å²) in [4.78, 5) is 16.5. The zero-order valence-electron chi connectivity index (χ0n) is 12.4. The number of aromatic hydroxyl groups is 1. The van der Waals surface area contributed by atoms with E-state index in [0.29, 0.717) is 0 Å². The summed E-state index contributed by atoms with van der Waals surface area (Å²) in [7, 11) is 0. The fraction of sp³-hybridized carbons (Fsp3) is 0.533. The lowest BCUT2D eigenvalue weighted by Gasteiger charge is -2.37. The number of piperazine rings is 1. The Kier molecular flexibility index (Phi) is 7.26. The number of benzene rings is 1. The first kappa shape index (κ1) is 18.9. The molecule has 22 heavy (non-hydrogen) atoms. The molecule has 2 aliphatic rings. The van der Waals surface area contributed by atoms with Gasteiger partial charge in [0.05, 0.1) is 6.04 Å². The Balaban J connectivity index is 0.00000121. The highest BCUT2D eigenvalue weighted by Gasteiger charge is 2.29. The molecule has 1 amide bonds. The predicted octanol–water partition coefficient (Wildman–Crippen LogP) is 1.64. The molecule has 0 unspecified atom stereocenters. The van der Waals surface area contributed by atoms with Crippen LogP contribution in [0, 0.1) is 0 Å². The Bertz CT molecular complexity index is 470. The summed E-state index contributed by atoms with van der Waals surface area (Å²) in [5.41, 5.74) is 1.11. The molecule has 2 aliphatic heterocycles. The Morgan fingerprint density at radius 2 is 1.73 bits per heavy atom. The van der Waals surface area contributed by atoms with Crippen LogP contribution in [0.3, 0.4) is 0 Å². The number of nitrogens with zero attached hydrogens (tertiary/aromatic N) is 2. The zero-order chi connectivity index (χ0) is 13.9. The van der Waals surface area contributed by atoms with Crippen molar-refractivity contribution in [2.45, 2.75) is 18.9 Å². The molecular weight excluding hydrogens is 325 g/mol. The molecule has 2 saturated heterocycles. The third-order valence-corrected chi connectivity index (χ3v) is 4.16. The van der Waals surface area contributed by atoms with E-state index in [1.54, 1.807) is 12.1 Å². The van der Waals surface area contributed by atoms with Crippen LogP contribution in [0.25, 0.3) is 0 Å². The quantitative estimate of drug-likeness (QED) is 0.853. The SMILES string of the molecule is Cl.Cl.O=C([C@@H]1CCCN1)N1CCN(c2ccc(O)cc2)CC1. The predicted molar refractivity (Wildman–Crippen MR) is 92.4 cm³/mol. The number of rotatable bonds is 2. The Morgan fingerprint density at radius 3 is 2.27 bits per heavy atom. The second-order valence-corrected chi connectivity index (χ2v) is 5.48. The Morgan fingerprint density at radius 1 is 1.09 bits per heavy atom. The molecule has 0 saturated carbocycles. The number of phenolic OH excluding ortho intramolecular Hbond substituents is 1. The van der Waals surface area contributed by atoms with Crippen LogP contribution in [0.2, 0.25) is 0 Å². The molecule has 0 radical (unpaired) electrons.